The minimum absolute atomic E-state index is 0.442. The third-order valence-electron chi connectivity index (χ3n) is 5.33. The summed E-state index contributed by atoms with van der Waals surface area (Å²) in [7, 11) is 4.90. The Bertz CT molecular complexity index is 607. The summed E-state index contributed by atoms with van der Waals surface area (Å²) in [6.45, 7) is 6.65. The van der Waals surface area contributed by atoms with Crippen molar-refractivity contribution in [2.24, 2.45) is 10.4 Å². The van der Waals surface area contributed by atoms with Gasteiger partial charge in [0.15, 0.2) is 17.5 Å². The van der Waals surface area contributed by atoms with Crippen LogP contribution in [0.15, 0.2) is 17.1 Å². The van der Waals surface area contributed by atoms with Crippen LogP contribution >= 0.6 is 0 Å². The summed E-state index contributed by atoms with van der Waals surface area (Å²) in [6.07, 6.45) is 5.16. The Morgan fingerprint density at radius 1 is 1.00 bits per heavy atom. The highest BCUT2D eigenvalue weighted by Gasteiger charge is 2.34. The van der Waals surface area contributed by atoms with E-state index in [0.717, 1.165) is 30.4 Å². The average molecular weight is 364 g/mol. The maximum absolute atomic E-state index is 5.49. The van der Waals surface area contributed by atoms with Crippen LogP contribution in [0.5, 0.6) is 17.2 Å². The summed E-state index contributed by atoms with van der Waals surface area (Å²) < 4.78 is 16.2. The first kappa shape index (κ1) is 20.2. The van der Waals surface area contributed by atoms with E-state index in [2.05, 4.69) is 24.5 Å². The number of guanidine groups is 1. The van der Waals surface area contributed by atoms with Crippen molar-refractivity contribution < 1.29 is 14.2 Å². The molecule has 6 heteroatoms. The summed E-state index contributed by atoms with van der Waals surface area (Å²) in [4.78, 5) is 4.74. The van der Waals surface area contributed by atoms with E-state index in [1.807, 2.05) is 12.1 Å². The first-order valence-electron chi connectivity index (χ1n) is 9.42. The lowest BCUT2D eigenvalue weighted by Gasteiger charge is -2.41. The molecular formula is C20H33N3O3. The van der Waals surface area contributed by atoms with Gasteiger partial charge in [-0.25, -0.2) is 4.99 Å². The van der Waals surface area contributed by atoms with Crippen molar-refractivity contribution in [3.63, 3.8) is 0 Å². The monoisotopic (exact) mass is 363 g/mol. The van der Waals surface area contributed by atoms with Crippen LogP contribution in [0, 0.1) is 5.41 Å². The zero-order valence-corrected chi connectivity index (χ0v) is 16.8. The van der Waals surface area contributed by atoms with Crippen molar-refractivity contribution in [1.82, 2.24) is 10.6 Å². The summed E-state index contributed by atoms with van der Waals surface area (Å²) in [5.41, 5.74) is 1.40. The highest BCUT2D eigenvalue weighted by atomic mass is 16.5. The normalized spacial score (nSPS) is 15.8. The van der Waals surface area contributed by atoms with Crippen molar-refractivity contribution in [1.29, 1.82) is 0 Å². The van der Waals surface area contributed by atoms with Gasteiger partial charge in [0, 0.05) is 24.7 Å². The average Bonchev–Trinajstić information content (AvgIpc) is 2.64. The van der Waals surface area contributed by atoms with Gasteiger partial charge in [-0.15, -0.1) is 0 Å². The van der Waals surface area contributed by atoms with Crippen LogP contribution in [0.4, 0.5) is 0 Å². The van der Waals surface area contributed by atoms with Gasteiger partial charge >= 0.3 is 0 Å². The standard InChI is InChI=1S/C20H33N3O3/c1-6-20(9-8-10-20)14-23-19(21-7-2)22-13-15-11-17(25-4)18(26-5)12-16(15)24-3/h11-12H,6-10,13-14H2,1-5H3,(H2,21,22,23). The van der Waals surface area contributed by atoms with Crippen LogP contribution in [0.2, 0.25) is 0 Å². The van der Waals surface area contributed by atoms with E-state index in [1.165, 1.54) is 25.7 Å². The molecule has 1 saturated carbocycles. The van der Waals surface area contributed by atoms with Crippen molar-refractivity contribution in [3.8, 4) is 17.2 Å². The molecule has 0 atom stereocenters. The van der Waals surface area contributed by atoms with E-state index >= 15 is 0 Å². The Hall–Kier alpha value is -2.11. The lowest BCUT2D eigenvalue weighted by atomic mass is 9.67. The second-order valence-corrected chi connectivity index (χ2v) is 6.77. The highest BCUT2D eigenvalue weighted by Crippen LogP contribution is 2.43. The number of nitrogens with zero attached hydrogens (tertiary/aromatic N) is 1. The number of hydrogen-bond donors (Lipinski definition) is 2. The Kier molecular flexibility index (Phi) is 7.42. The Morgan fingerprint density at radius 2 is 1.65 bits per heavy atom. The van der Waals surface area contributed by atoms with Gasteiger partial charge in [-0.2, -0.15) is 0 Å². The van der Waals surface area contributed by atoms with Gasteiger partial charge < -0.3 is 24.8 Å². The van der Waals surface area contributed by atoms with E-state index in [4.69, 9.17) is 19.2 Å². The molecule has 0 aromatic heterocycles. The zero-order chi connectivity index (χ0) is 19.0. The van der Waals surface area contributed by atoms with Crippen LogP contribution in [0.1, 0.15) is 45.1 Å². The van der Waals surface area contributed by atoms with Crippen LogP contribution in [-0.2, 0) is 6.54 Å². The fourth-order valence-corrected chi connectivity index (χ4v) is 3.33. The molecule has 1 aromatic rings. The van der Waals surface area contributed by atoms with Gasteiger partial charge in [-0.1, -0.05) is 13.3 Å². The molecule has 0 amide bonds. The molecule has 2 rings (SSSR count). The van der Waals surface area contributed by atoms with Gasteiger partial charge in [-0.05, 0) is 37.7 Å². The largest absolute Gasteiger partial charge is 0.496 e. The lowest BCUT2D eigenvalue weighted by Crippen LogP contribution is -2.46. The van der Waals surface area contributed by atoms with Crippen LogP contribution in [-0.4, -0.2) is 40.4 Å². The van der Waals surface area contributed by atoms with Crippen LogP contribution in [0.25, 0.3) is 0 Å². The molecule has 2 N–H and O–H groups in total. The first-order valence-corrected chi connectivity index (χ1v) is 9.42. The second-order valence-electron chi connectivity index (χ2n) is 6.77. The van der Waals surface area contributed by atoms with Gasteiger partial charge in [-0.3, -0.25) is 0 Å². The third-order valence-corrected chi connectivity index (χ3v) is 5.33. The van der Waals surface area contributed by atoms with Gasteiger partial charge in [0.25, 0.3) is 0 Å². The third kappa shape index (κ3) is 4.74. The Morgan fingerprint density at radius 3 is 2.15 bits per heavy atom. The van der Waals surface area contributed by atoms with Crippen molar-refractivity contribution in [3.05, 3.63) is 17.7 Å². The van der Waals surface area contributed by atoms with Crippen LogP contribution in [0.3, 0.4) is 0 Å². The number of nitrogens with one attached hydrogen (secondary N) is 2. The Balaban J connectivity index is 2.12. The SMILES string of the molecule is CCNC(=NCc1cc(OC)c(OC)cc1OC)NCC1(CC)CCC1. The maximum atomic E-state index is 5.49. The molecule has 1 aliphatic rings. The van der Waals surface area contributed by atoms with Crippen molar-refractivity contribution in [2.45, 2.75) is 46.1 Å². The van der Waals surface area contributed by atoms with E-state index in [0.29, 0.717) is 23.5 Å². The topological polar surface area (TPSA) is 64.1 Å². The molecule has 1 aliphatic carbocycles. The van der Waals surface area contributed by atoms with E-state index in [9.17, 15) is 0 Å². The predicted molar refractivity (Wildman–Crippen MR) is 105 cm³/mol. The molecule has 26 heavy (non-hydrogen) atoms. The van der Waals surface area contributed by atoms with E-state index < -0.39 is 0 Å². The predicted octanol–water partition coefficient (Wildman–Crippen LogP) is 3.35. The summed E-state index contributed by atoms with van der Waals surface area (Å²) in [6, 6.07) is 3.76. The molecule has 1 fully saturated rings. The van der Waals surface area contributed by atoms with Gasteiger partial charge in [0.2, 0.25) is 0 Å². The number of benzene rings is 1. The molecule has 146 valence electrons. The smallest absolute Gasteiger partial charge is 0.191 e. The number of rotatable bonds is 9. The molecular weight excluding hydrogens is 330 g/mol. The van der Waals surface area contributed by atoms with Crippen LogP contribution < -0.4 is 24.8 Å². The molecule has 0 spiro atoms. The molecule has 1 aromatic carbocycles. The minimum atomic E-state index is 0.442. The molecule has 0 saturated heterocycles. The van der Waals surface area contributed by atoms with Crippen molar-refractivity contribution >= 4 is 5.96 Å². The fourth-order valence-electron chi connectivity index (χ4n) is 3.33. The first-order chi connectivity index (χ1) is 12.6. The zero-order valence-electron chi connectivity index (χ0n) is 16.8. The summed E-state index contributed by atoms with van der Waals surface area (Å²) in [5, 5.41) is 6.84. The lowest BCUT2D eigenvalue weighted by molar-refractivity contribution is 0.131. The number of hydrogen-bond acceptors (Lipinski definition) is 4. The minimum Gasteiger partial charge on any atom is -0.496 e. The van der Waals surface area contributed by atoms with E-state index in [1.54, 1.807) is 21.3 Å². The molecule has 0 heterocycles. The highest BCUT2D eigenvalue weighted by molar-refractivity contribution is 5.79. The van der Waals surface area contributed by atoms with Gasteiger partial charge in [0.1, 0.15) is 5.75 Å². The summed E-state index contributed by atoms with van der Waals surface area (Å²) >= 11 is 0. The fraction of sp³-hybridized carbons (Fsp3) is 0.650. The maximum Gasteiger partial charge on any atom is 0.191 e. The quantitative estimate of drug-likeness (QED) is 0.520. The molecule has 6 nitrogen and oxygen atoms in total. The number of aliphatic imine (C=N–C) groups is 1. The summed E-state index contributed by atoms with van der Waals surface area (Å²) in [5.74, 6) is 2.91. The van der Waals surface area contributed by atoms with Gasteiger partial charge in [0.05, 0.1) is 27.9 Å². The second kappa shape index (κ2) is 9.55. The molecule has 0 radical (unpaired) electrons. The number of ether oxygens (including phenoxy) is 3. The van der Waals surface area contributed by atoms with E-state index in [-0.39, 0.29) is 0 Å². The van der Waals surface area contributed by atoms with Crippen molar-refractivity contribution in [2.75, 3.05) is 34.4 Å². The molecule has 0 aliphatic heterocycles. The molecule has 0 bridgehead atoms. The Labute approximate surface area is 157 Å². The number of methoxy groups -OCH3 is 3. The molecule has 0 unspecified atom stereocenters.